The number of amides is 2. The van der Waals surface area contributed by atoms with Crippen LogP contribution in [0.4, 0.5) is 5.69 Å². The number of anilines is 1. The number of nitrogens with zero attached hydrogens (tertiary/aromatic N) is 1. The highest BCUT2D eigenvalue weighted by Crippen LogP contribution is 2.24. The van der Waals surface area contributed by atoms with Crippen molar-refractivity contribution in [1.82, 2.24) is 5.32 Å². The lowest BCUT2D eigenvalue weighted by Crippen LogP contribution is -2.41. The Balaban J connectivity index is 1.99. The SMILES string of the molecule is CC(=O)N(CCNC(=O)C(C)(C)C)c1ccc(Oc2ccccc2)cc1. The van der Waals surface area contributed by atoms with Gasteiger partial charge < -0.3 is 15.0 Å². The number of hydrogen-bond acceptors (Lipinski definition) is 3. The normalized spacial score (nSPS) is 10.9. The second-order valence-electron chi connectivity index (χ2n) is 7.09. The van der Waals surface area contributed by atoms with Crippen LogP contribution in [-0.4, -0.2) is 24.9 Å². The average molecular weight is 354 g/mol. The number of carbonyl (C=O) groups is 2. The first kappa shape index (κ1) is 19.5. The van der Waals surface area contributed by atoms with E-state index in [0.717, 1.165) is 11.4 Å². The Morgan fingerprint density at radius 2 is 1.54 bits per heavy atom. The Bertz CT molecular complexity index is 734. The highest BCUT2D eigenvalue weighted by Gasteiger charge is 2.21. The minimum absolute atomic E-state index is 0.0346. The van der Waals surface area contributed by atoms with Crippen molar-refractivity contribution >= 4 is 17.5 Å². The monoisotopic (exact) mass is 354 g/mol. The van der Waals surface area contributed by atoms with Gasteiger partial charge in [-0.15, -0.1) is 0 Å². The molecule has 2 rings (SSSR count). The van der Waals surface area contributed by atoms with E-state index in [1.165, 1.54) is 6.92 Å². The summed E-state index contributed by atoms with van der Waals surface area (Å²) in [4.78, 5) is 25.5. The molecular formula is C21H26N2O3. The number of benzene rings is 2. The summed E-state index contributed by atoms with van der Waals surface area (Å²) in [5, 5.41) is 2.86. The molecule has 0 aromatic heterocycles. The highest BCUT2D eigenvalue weighted by atomic mass is 16.5. The van der Waals surface area contributed by atoms with Gasteiger partial charge in [-0.05, 0) is 36.4 Å². The van der Waals surface area contributed by atoms with E-state index in [0.29, 0.717) is 18.8 Å². The zero-order valence-electron chi connectivity index (χ0n) is 15.8. The number of rotatable bonds is 6. The van der Waals surface area contributed by atoms with E-state index in [-0.39, 0.29) is 11.8 Å². The van der Waals surface area contributed by atoms with E-state index in [9.17, 15) is 9.59 Å². The lowest BCUT2D eigenvalue weighted by atomic mass is 9.96. The van der Waals surface area contributed by atoms with E-state index in [1.54, 1.807) is 4.90 Å². The molecule has 1 N–H and O–H groups in total. The second kappa shape index (κ2) is 8.52. The zero-order valence-corrected chi connectivity index (χ0v) is 15.8. The summed E-state index contributed by atoms with van der Waals surface area (Å²) in [5.41, 5.74) is 0.320. The summed E-state index contributed by atoms with van der Waals surface area (Å²) in [6.07, 6.45) is 0. The van der Waals surface area contributed by atoms with Gasteiger partial charge in [-0.1, -0.05) is 39.0 Å². The Kier molecular flexibility index (Phi) is 6.39. The van der Waals surface area contributed by atoms with Crippen molar-refractivity contribution in [3.63, 3.8) is 0 Å². The van der Waals surface area contributed by atoms with Crippen LogP contribution in [0.1, 0.15) is 27.7 Å². The molecule has 2 aromatic carbocycles. The molecule has 0 aliphatic carbocycles. The summed E-state index contributed by atoms with van der Waals surface area (Å²) >= 11 is 0. The van der Waals surface area contributed by atoms with Crippen molar-refractivity contribution in [2.75, 3.05) is 18.0 Å². The van der Waals surface area contributed by atoms with Gasteiger partial charge in [0.25, 0.3) is 0 Å². The van der Waals surface area contributed by atoms with Crippen LogP contribution < -0.4 is 15.0 Å². The van der Waals surface area contributed by atoms with Crippen LogP contribution in [0.25, 0.3) is 0 Å². The Hall–Kier alpha value is -2.82. The Morgan fingerprint density at radius 3 is 2.08 bits per heavy atom. The molecule has 5 heteroatoms. The third-order valence-corrected chi connectivity index (χ3v) is 3.81. The molecule has 138 valence electrons. The molecule has 0 radical (unpaired) electrons. The van der Waals surface area contributed by atoms with Crippen molar-refractivity contribution in [3.05, 3.63) is 54.6 Å². The molecule has 0 aliphatic rings. The molecule has 0 unspecified atom stereocenters. The molecule has 5 nitrogen and oxygen atoms in total. The molecular weight excluding hydrogens is 328 g/mol. The third-order valence-electron chi connectivity index (χ3n) is 3.81. The van der Waals surface area contributed by atoms with Crippen molar-refractivity contribution in [2.45, 2.75) is 27.7 Å². The van der Waals surface area contributed by atoms with Crippen LogP contribution in [0.2, 0.25) is 0 Å². The summed E-state index contributed by atoms with van der Waals surface area (Å²) in [6.45, 7) is 7.90. The average Bonchev–Trinajstić information content (AvgIpc) is 2.59. The Labute approximate surface area is 155 Å². The second-order valence-corrected chi connectivity index (χ2v) is 7.09. The van der Waals surface area contributed by atoms with Crippen molar-refractivity contribution < 1.29 is 14.3 Å². The zero-order chi connectivity index (χ0) is 19.2. The van der Waals surface area contributed by atoms with Gasteiger partial charge in [0.15, 0.2) is 0 Å². The first-order valence-electron chi connectivity index (χ1n) is 8.67. The van der Waals surface area contributed by atoms with Crippen LogP contribution in [0.3, 0.4) is 0 Å². The van der Waals surface area contributed by atoms with Crippen LogP contribution in [-0.2, 0) is 9.59 Å². The van der Waals surface area contributed by atoms with Gasteiger partial charge in [-0.2, -0.15) is 0 Å². The lowest BCUT2D eigenvalue weighted by molar-refractivity contribution is -0.128. The molecule has 0 heterocycles. The van der Waals surface area contributed by atoms with Gasteiger partial charge in [0.2, 0.25) is 11.8 Å². The summed E-state index contributed by atoms with van der Waals surface area (Å²) in [7, 11) is 0. The van der Waals surface area contributed by atoms with Gasteiger partial charge in [-0.3, -0.25) is 9.59 Å². The van der Waals surface area contributed by atoms with Crippen molar-refractivity contribution in [1.29, 1.82) is 0 Å². The minimum atomic E-state index is -0.447. The standard InChI is InChI=1S/C21H26N2O3/c1-16(24)23(15-14-22-20(25)21(2,3)4)17-10-12-19(13-11-17)26-18-8-6-5-7-9-18/h5-13H,14-15H2,1-4H3,(H,22,25). The third kappa shape index (κ3) is 5.62. The molecule has 0 atom stereocenters. The molecule has 0 saturated heterocycles. The molecule has 2 amide bonds. The molecule has 2 aromatic rings. The number of nitrogens with one attached hydrogen (secondary N) is 1. The summed E-state index contributed by atoms with van der Waals surface area (Å²) in [5.74, 6) is 1.34. The van der Waals surface area contributed by atoms with Gasteiger partial charge in [0.1, 0.15) is 11.5 Å². The largest absolute Gasteiger partial charge is 0.457 e. The van der Waals surface area contributed by atoms with Crippen LogP contribution in [0.15, 0.2) is 54.6 Å². The summed E-state index contributed by atoms with van der Waals surface area (Å²) in [6, 6.07) is 16.8. The summed E-state index contributed by atoms with van der Waals surface area (Å²) < 4.78 is 5.76. The van der Waals surface area contributed by atoms with E-state index < -0.39 is 5.41 Å². The minimum Gasteiger partial charge on any atom is -0.457 e. The fourth-order valence-electron chi connectivity index (χ4n) is 2.33. The van der Waals surface area contributed by atoms with Crippen molar-refractivity contribution in [3.8, 4) is 11.5 Å². The van der Waals surface area contributed by atoms with Gasteiger partial charge >= 0.3 is 0 Å². The van der Waals surface area contributed by atoms with E-state index >= 15 is 0 Å². The number of ether oxygens (including phenoxy) is 1. The predicted molar refractivity (Wildman–Crippen MR) is 103 cm³/mol. The fourth-order valence-corrected chi connectivity index (χ4v) is 2.33. The fraction of sp³-hybridized carbons (Fsp3) is 0.333. The topological polar surface area (TPSA) is 58.6 Å². The van der Waals surface area contributed by atoms with Crippen LogP contribution >= 0.6 is 0 Å². The molecule has 0 spiro atoms. The number of para-hydroxylation sites is 1. The molecule has 0 bridgehead atoms. The lowest BCUT2D eigenvalue weighted by Gasteiger charge is -2.23. The maximum atomic E-state index is 12.0. The van der Waals surface area contributed by atoms with E-state index in [1.807, 2.05) is 75.4 Å². The molecule has 26 heavy (non-hydrogen) atoms. The van der Waals surface area contributed by atoms with Gasteiger partial charge in [-0.25, -0.2) is 0 Å². The Morgan fingerprint density at radius 1 is 0.962 bits per heavy atom. The molecule has 0 fully saturated rings. The number of carbonyl (C=O) groups excluding carboxylic acids is 2. The smallest absolute Gasteiger partial charge is 0.225 e. The van der Waals surface area contributed by atoms with E-state index in [4.69, 9.17) is 4.74 Å². The maximum Gasteiger partial charge on any atom is 0.225 e. The van der Waals surface area contributed by atoms with E-state index in [2.05, 4.69) is 5.32 Å². The molecule has 0 aliphatic heterocycles. The maximum absolute atomic E-state index is 12.0. The highest BCUT2D eigenvalue weighted by molar-refractivity contribution is 5.91. The quantitative estimate of drug-likeness (QED) is 0.853. The molecule has 0 saturated carbocycles. The van der Waals surface area contributed by atoms with Gasteiger partial charge in [0.05, 0.1) is 0 Å². The predicted octanol–water partition coefficient (Wildman–Crippen LogP) is 3.99. The van der Waals surface area contributed by atoms with Crippen LogP contribution in [0, 0.1) is 5.41 Å². The van der Waals surface area contributed by atoms with Crippen molar-refractivity contribution in [2.24, 2.45) is 5.41 Å². The number of hydrogen-bond donors (Lipinski definition) is 1. The van der Waals surface area contributed by atoms with Crippen LogP contribution in [0.5, 0.6) is 11.5 Å². The first-order chi connectivity index (χ1) is 12.3. The van der Waals surface area contributed by atoms with Gasteiger partial charge in [0, 0.05) is 31.1 Å². The first-order valence-corrected chi connectivity index (χ1v) is 8.67.